The van der Waals surface area contributed by atoms with Gasteiger partial charge in [0.15, 0.2) is 0 Å². The van der Waals surface area contributed by atoms with Crippen molar-refractivity contribution in [3.8, 4) is 0 Å². The number of aromatic nitrogens is 2. The van der Waals surface area contributed by atoms with Crippen LogP contribution in [-0.4, -0.2) is 52.9 Å². The third-order valence-corrected chi connectivity index (χ3v) is 6.04. The second-order valence-electron chi connectivity index (χ2n) is 8.20. The van der Waals surface area contributed by atoms with Crippen molar-refractivity contribution >= 4 is 5.91 Å². The number of carbonyl (C=O) groups excluding carboxylic acids is 1. The molecule has 0 aromatic carbocycles. The number of fused-ring (bicyclic) bond motifs is 1. The van der Waals surface area contributed by atoms with Crippen LogP contribution in [0.5, 0.6) is 0 Å². The molecule has 8 heteroatoms. The molecule has 0 bridgehead atoms. The van der Waals surface area contributed by atoms with E-state index in [0.717, 1.165) is 55.8 Å². The Labute approximate surface area is 176 Å². The van der Waals surface area contributed by atoms with Gasteiger partial charge in [0.05, 0.1) is 31.0 Å². The van der Waals surface area contributed by atoms with Gasteiger partial charge in [0, 0.05) is 37.2 Å². The quantitative estimate of drug-likeness (QED) is 0.776. The summed E-state index contributed by atoms with van der Waals surface area (Å²) in [5, 5.41) is 7.63. The molecule has 1 N–H and O–H groups in total. The number of piperidine rings is 1. The molecule has 2 aliphatic heterocycles. The average molecular weight is 415 g/mol. The highest BCUT2D eigenvalue weighted by Gasteiger charge is 2.24. The van der Waals surface area contributed by atoms with Gasteiger partial charge in [-0.1, -0.05) is 6.42 Å². The molecule has 2 aliphatic rings. The van der Waals surface area contributed by atoms with Crippen LogP contribution in [-0.2, 0) is 24.3 Å². The second-order valence-corrected chi connectivity index (χ2v) is 8.20. The van der Waals surface area contributed by atoms with Gasteiger partial charge in [-0.05, 0) is 39.3 Å². The Bertz CT molecular complexity index is 965. The van der Waals surface area contributed by atoms with Gasteiger partial charge in [0.25, 0.3) is 11.5 Å². The normalized spacial score (nSPS) is 19.5. The highest BCUT2D eigenvalue weighted by molar-refractivity contribution is 5.95. The summed E-state index contributed by atoms with van der Waals surface area (Å²) in [5.74, 6) is 1.30. The van der Waals surface area contributed by atoms with Crippen molar-refractivity contribution in [3.05, 3.63) is 50.8 Å². The summed E-state index contributed by atoms with van der Waals surface area (Å²) >= 11 is 0. The molecule has 2 aromatic heterocycles. The molecule has 1 unspecified atom stereocenters. The minimum atomic E-state index is -0.0929. The third kappa shape index (κ3) is 4.65. The van der Waals surface area contributed by atoms with Crippen molar-refractivity contribution in [3.63, 3.8) is 0 Å². The molecule has 0 aliphatic carbocycles. The number of hydrogen-bond donors (Lipinski definition) is 1. The van der Waals surface area contributed by atoms with Crippen molar-refractivity contribution in [2.75, 3.05) is 26.2 Å². The molecule has 1 amide bonds. The van der Waals surface area contributed by atoms with Gasteiger partial charge >= 0.3 is 0 Å². The van der Waals surface area contributed by atoms with Crippen molar-refractivity contribution in [1.29, 1.82) is 0 Å². The van der Waals surface area contributed by atoms with E-state index in [-0.39, 0.29) is 17.5 Å². The second kappa shape index (κ2) is 9.14. The smallest absolute Gasteiger partial charge is 0.267 e. The van der Waals surface area contributed by atoms with Gasteiger partial charge in [-0.2, -0.15) is 5.10 Å². The number of ether oxygens (including phenoxy) is 1. The summed E-state index contributed by atoms with van der Waals surface area (Å²) in [7, 11) is 0. The minimum absolute atomic E-state index is 0.0769. The lowest BCUT2D eigenvalue weighted by Crippen LogP contribution is -2.48. The third-order valence-electron chi connectivity index (χ3n) is 6.04. The number of hydrogen-bond acceptors (Lipinski definition) is 6. The van der Waals surface area contributed by atoms with E-state index >= 15 is 0 Å². The molecular weight excluding hydrogens is 384 g/mol. The number of nitrogens with zero attached hydrogens (tertiary/aromatic N) is 3. The molecule has 0 spiro atoms. The number of likely N-dealkylation sites (tertiary alicyclic amines) is 1. The molecule has 0 radical (unpaired) electrons. The fourth-order valence-electron chi connectivity index (χ4n) is 4.38. The molecule has 2 aromatic rings. The molecule has 1 fully saturated rings. The topological polar surface area (TPSA) is 89.6 Å². The van der Waals surface area contributed by atoms with Crippen LogP contribution in [0.15, 0.2) is 21.3 Å². The molecule has 1 saturated heterocycles. The summed E-state index contributed by atoms with van der Waals surface area (Å²) < 4.78 is 12.5. The van der Waals surface area contributed by atoms with E-state index in [4.69, 9.17) is 9.15 Å². The van der Waals surface area contributed by atoms with E-state index in [0.29, 0.717) is 37.6 Å². The first-order chi connectivity index (χ1) is 14.5. The summed E-state index contributed by atoms with van der Waals surface area (Å²) in [6.07, 6.45) is 4.07. The van der Waals surface area contributed by atoms with Crippen LogP contribution in [0.3, 0.4) is 0 Å². The van der Waals surface area contributed by atoms with Crippen LogP contribution in [0.25, 0.3) is 0 Å². The van der Waals surface area contributed by atoms with Gasteiger partial charge < -0.3 is 14.5 Å². The Balaban J connectivity index is 1.36. The van der Waals surface area contributed by atoms with Crippen LogP contribution < -0.4 is 10.9 Å². The van der Waals surface area contributed by atoms with Gasteiger partial charge in [0.1, 0.15) is 11.5 Å². The van der Waals surface area contributed by atoms with Gasteiger partial charge in [-0.25, -0.2) is 4.68 Å². The summed E-state index contributed by atoms with van der Waals surface area (Å²) in [6, 6.07) is 3.70. The fraction of sp³-hybridized carbons (Fsp3) is 0.591. The van der Waals surface area contributed by atoms with Gasteiger partial charge in [-0.15, -0.1) is 0 Å². The van der Waals surface area contributed by atoms with E-state index in [9.17, 15) is 9.59 Å². The predicted octanol–water partition coefficient (Wildman–Crippen LogP) is 1.81. The summed E-state index contributed by atoms with van der Waals surface area (Å²) in [4.78, 5) is 27.3. The highest BCUT2D eigenvalue weighted by Crippen LogP contribution is 2.18. The fourth-order valence-corrected chi connectivity index (χ4v) is 4.38. The van der Waals surface area contributed by atoms with Crippen LogP contribution in [0.1, 0.15) is 52.4 Å². The SMILES string of the molecule is Cc1cc(C(=O)NCC2CCCCN2CCn2nc3c(cc2=O)COCC3)c(C)o1. The first kappa shape index (κ1) is 20.8. The van der Waals surface area contributed by atoms with E-state index in [1.165, 1.54) is 0 Å². The Kier molecular flexibility index (Phi) is 6.34. The first-order valence-corrected chi connectivity index (χ1v) is 10.8. The van der Waals surface area contributed by atoms with Gasteiger partial charge in [-0.3, -0.25) is 14.5 Å². The number of carbonyl (C=O) groups is 1. The molecule has 4 rings (SSSR count). The molecule has 1 atom stereocenters. The van der Waals surface area contributed by atoms with Crippen molar-refractivity contribution in [2.45, 2.75) is 58.7 Å². The lowest BCUT2D eigenvalue weighted by atomic mass is 10.0. The molecule has 4 heterocycles. The zero-order valence-electron chi connectivity index (χ0n) is 17.8. The summed E-state index contributed by atoms with van der Waals surface area (Å²) in [5.41, 5.74) is 2.40. The molecule has 30 heavy (non-hydrogen) atoms. The lowest BCUT2D eigenvalue weighted by molar-refractivity contribution is 0.0906. The Morgan fingerprint density at radius 3 is 2.93 bits per heavy atom. The number of nitrogens with one attached hydrogen (secondary N) is 1. The largest absolute Gasteiger partial charge is 0.466 e. The van der Waals surface area contributed by atoms with Crippen molar-refractivity contribution < 1.29 is 13.9 Å². The number of amides is 1. The highest BCUT2D eigenvalue weighted by atomic mass is 16.5. The van der Waals surface area contributed by atoms with Crippen LogP contribution >= 0.6 is 0 Å². The average Bonchev–Trinajstić information content (AvgIpc) is 3.09. The maximum atomic E-state index is 12.5. The van der Waals surface area contributed by atoms with Crippen molar-refractivity contribution in [2.24, 2.45) is 0 Å². The molecule has 0 saturated carbocycles. The number of rotatable bonds is 6. The summed E-state index contributed by atoms with van der Waals surface area (Å²) in [6.45, 7) is 7.64. The molecular formula is C22H30N4O4. The zero-order chi connectivity index (χ0) is 21.1. The Morgan fingerprint density at radius 1 is 1.27 bits per heavy atom. The zero-order valence-corrected chi connectivity index (χ0v) is 17.8. The monoisotopic (exact) mass is 414 g/mol. The minimum Gasteiger partial charge on any atom is -0.466 e. The van der Waals surface area contributed by atoms with Gasteiger partial charge in [0.2, 0.25) is 0 Å². The maximum Gasteiger partial charge on any atom is 0.267 e. The van der Waals surface area contributed by atoms with E-state index in [1.54, 1.807) is 16.8 Å². The Hall–Kier alpha value is -2.45. The lowest BCUT2D eigenvalue weighted by Gasteiger charge is -2.35. The first-order valence-electron chi connectivity index (χ1n) is 10.8. The Morgan fingerprint density at radius 2 is 2.13 bits per heavy atom. The van der Waals surface area contributed by atoms with Crippen LogP contribution in [0.4, 0.5) is 0 Å². The van der Waals surface area contributed by atoms with E-state index < -0.39 is 0 Å². The molecule has 8 nitrogen and oxygen atoms in total. The maximum absolute atomic E-state index is 12.5. The number of furan rings is 1. The predicted molar refractivity (Wildman–Crippen MR) is 112 cm³/mol. The molecule has 162 valence electrons. The van der Waals surface area contributed by atoms with E-state index in [1.807, 2.05) is 13.8 Å². The number of aryl methyl sites for hydroxylation is 2. The van der Waals surface area contributed by atoms with Crippen LogP contribution in [0, 0.1) is 13.8 Å². The van der Waals surface area contributed by atoms with Crippen LogP contribution in [0.2, 0.25) is 0 Å². The standard InChI is InChI=1S/C22H30N4O4/c1-15-11-19(16(2)30-15)22(28)23-13-18-5-3-4-7-25(18)8-9-26-21(27)12-17-14-29-10-6-20(17)24-26/h11-12,18H,3-10,13-14H2,1-2H3,(H,23,28). The van der Waals surface area contributed by atoms with Crippen molar-refractivity contribution in [1.82, 2.24) is 20.0 Å². The van der Waals surface area contributed by atoms with E-state index in [2.05, 4.69) is 15.3 Å².